The molecular formula is C14H9BrClF3O. The first kappa shape index (κ1) is 15.4. The van der Waals surface area contributed by atoms with Crippen molar-refractivity contribution in [3.63, 3.8) is 0 Å². The van der Waals surface area contributed by atoms with Crippen LogP contribution in [0.25, 0.3) is 0 Å². The fourth-order valence-electron chi connectivity index (χ4n) is 1.84. The van der Waals surface area contributed by atoms with E-state index in [1.807, 2.05) is 0 Å². The van der Waals surface area contributed by atoms with E-state index in [1.54, 1.807) is 0 Å². The molecule has 0 aliphatic carbocycles. The predicted octanol–water partition coefficient (Wildman–Crippen LogP) is 4.80. The molecule has 2 aromatic carbocycles. The van der Waals surface area contributed by atoms with Gasteiger partial charge in [0.15, 0.2) is 0 Å². The zero-order valence-corrected chi connectivity index (χ0v) is 12.4. The van der Waals surface area contributed by atoms with Gasteiger partial charge in [0.2, 0.25) is 0 Å². The van der Waals surface area contributed by atoms with E-state index < -0.39 is 30.0 Å². The Balaban J connectivity index is 2.35. The van der Waals surface area contributed by atoms with Crippen LogP contribution in [0.5, 0.6) is 0 Å². The second kappa shape index (κ2) is 6.16. The quantitative estimate of drug-likeness (QED) is 0.775. The molecular weight excluding hydrogens is 357 g/mol. The van der Waals surface area contributed by atoms with E-state index in [0.717, 1.165) is 6.07 Å². The number of rotatable bonds is 3. The number of aliphatic hydroxyl groups excluding tert-OH is 1. The lowest BCUT2D eigenvalue weighted by molar-refractivity contribution is 0.171. The van der Waals surface area contributed by atoms with E-state index in [2.05, 4.69) is 15.9 Å². The van der Waals surface area contributed by atoms with Crippen LogP contribution in [0.3, 0.4) is 0 Å². The summed E-state index contributed by atoms with van der Waals surface area (Å²) >= 11 is 8.54. The molecule has 1 nitrogen and oxygen atoms in total. The highest BCUT2D eigenvalue weighted by molar-refractivity contribution is 9.10. The average Bonchev–Trinajstić information content (AvgIpc) is 2.42. The number of aliphatic hydroxyl groups is 1. The minimum Gasteiger partial charge on any atom is -0.388 e. The Morgan fingerprint density at radius 3 is 2.50 bits per heavy atom. The molecule has 0 bridgehead atoms. The highest BCUT2D eigenvalue weighted by atomic mass is 79.9. The van der Waals surface area contributed by atoms with Gasteiger partial charge in [-0.2, -0.15) is 0 Å². The Morgan fingerprint density at radius 1 is 1.10 bits per heavy atom. The zero-order chi connectivity index (χ0) is 14.9. The Morgan fingerprint density at radius 2 is 1.80 bits per heavy atom. The maximum atomic E-state index is 13.8. The van der Waals surface area contributed by atoms with Crippen molar-refractivity contribution in [3.8, 4) is 0 Å². The van der Waals surface area contributed by atoms with Crippen LogP contribution in [-0.2, 0) is 6.42 Å². The molecule has 0 spiro atoms. The minimum atomic E-state index is -1.40. The van der Waals surface area contributed by atoms with Gasteiger partial charge < -0.3 is 5.11 Å². The molecule has 0 fully saturated rings. The topological polar surface area (TPSA) is 20.2 Å². The summed E-state index contributed by atoms with van der Waals surface area (Å²) in [6.45, 7) is 0. The monoisotopic (exact) mass is 364 g/mol. The van der Waals surface area contributed by atoms with Gasteiger partial charge in [-0.1, -0.05) is 23.7 Å². The molecule has 2 rings (SSSR count). The van der Waals surface area contributed by atoms with E-state index >= 15 is 0 Å². The van der Waals surface area contributed by atoms with Gasteiger partial charge in [0, 0.05) is 17.5 Å². The largest absolute Gasteiger partial charge is 0.388 e. The smallest absolute Gasteiger partial charge is 0.147 e. The second-order valence-electron chi connectivity index (χ2n) is 4.18. The molecule has 20 heavy (non-hydrogen) atoms. The first-order chi connectivity index (χ1) is 9.41. The number of benzene rings is 2. The normalized spacial score (nSPS) is 12.5. The Kier molecular flexibility index (Phi) is 4.73. The first-order valence-electron chi connectivity index (χ1n) is 5.66. The van der Waals surface area contributed by atoms with Crippen molar-refractivity contribution in [2.24, 2.45) is 0 Å². The van der Waals surface area contributed by atoms with Gasteiger partial charge in [0.25, 0.3) is 0 Å². The molecule has 2 aromatic rings. The standard InChI is InChI=1S/C14H9BrClF3O/c15-9-4-5-11(17)8(13(9)18)6-12(20)7-2-1-3-10(16)14(7)19/h1-5,12,20H,6H2. The Labute approximate surface area is 127 Å². The van der Waals surface area contributed by atoms with Crippen LogP contribution >= 0.6 is 27.5 Å². The predicted molar refractivity (Wildman–Crippen MR) is 74.1 cm³/mol. The molecule has 0 amide bonds. The Hall–Kier alpha value is -1.04. The summed E-state index contributed by atoms with van der Waals surface area (Å²) in [4.78, 5) is 0. The molecule has 0 saturated carbocycles. The van der Waals surface area contributed by atoms with Gasteiger partial charge in [0.05, 0.1) is 15.6 Å². The maximum absolute atomic E-state index is 13.8. The van der Waals surface area contributed by atoms with Gasteiger partial charge >= 0.3 is 0 Å². The third-order valence-corrected chi connectivity index (χ3v) is 3.78. The molecule has 1 unspecified atom stereocenters. The lowest BCUT2D eigenvalue weighted by Gasteiger charge is -2.14. The summed E-state index contributed by atoms with van der Waals surface area (Å²) in [6.07, 6.45) is -1.79. The fraction of sp³-hybridized carbons (Fsp3) is 0.143. The van der Waals surface area contributed by atoms with E-state index in [0.29, 0.717) is 0 Å². The number of halogens is 5. The second-order valence-corrected chi connectivity index (χ2v) is 5.45. The first-order valence-corrected chi connectivity index (χ1v) is 6.83. The van der Waals surface area contributed by atoms with Crippen LogP contribution < -0.4 is 0 Å². The van der Waals surface area contributed by atoms with Crippen molar-refractivity contribution < 1.29 is 18.3 Å². The number of hydrogen-bond donors (Lipinski definition) is 1. The highest BCUT2D eigenvalue weighted by Crippen LogP contribution is 2.29. The molecule has 0 saturated heterocycles. The van der Waals surface area contributed by atoms with E-state index in [1.165, 1.54) is 24.3 Å². The van der Waals surface area contributed by atoms with Crippen LogP contribution in [-0.4, -0.2) is 5.11 Å². The van der Waals surface area contributed by atoms with Gasteiger partial charge in [-0.25, -0.2) is 13.2 Å². The molecule has 0 aromatic heterocycles. The molecule has 6 heteroatoms. The lowest BCUT2D eigenvalue weighted by atomic mass is 10.00. The molecule has 0 radical (unpaired) electrons. The third-order valence-electron chi connectivity index (χ3n) is 2.88. The molecule has 106 valence electrons. The van der Waals surface area contributed by atoms with Crippen LogP contribution in [0.2, 0.25) is 5.02 Å². The summed E-state index contributed by atoms with van der Waals surface area (Å²) < 4.78 is 41.2. The molecule has 1 atom stereocenters. The fourth-order valence-corrected chi connectivity index (χ4v) is 2.39. The highest BCUT2D eigenvalue weighted by Gasteiger charge is 2.20. The zero-order valence-electron chi connectivity index (χ0n) is 10.0. The van der Waals surface area contributed by atoms with Crippen LogP contribution in [0.1, 0.15) is 17.2 Å². The lowest BCUT2D eigenvalue weighted by Crippen LogP contribution is -2.08. The van der Waals surface area contributed by atoms with Crippen molar-refractivity contribution >= 4 is 27.5 Å². The summed E-state index contributed by atoms with van der Waals surface area (Å²) in [5.74, 6) is -2.41. The molecule has 0 aliphatic rings. The van der Waals surface area contributed by atoms with Crippen molar-refractivity contribution in [1.82, 2.24) is 0 Å². The summed E-state index contributed by atoms with van der Waals surface area (Å²) in [5.41, 5.74) is -0.414. The molecule has 0 aliphatic heterocycles. The third kappa shape index (κ3) is 3.00. The van der Waals surface area contributed by atoms with Crippen LogP contribution in [0, 0.1) is 17.5 Å². The maximum Gasteiger partial charge on any atom is 0.147 e. The molecule has 0 heterocycles. The molecule has 1 N–H and O–H groups in total. The SMILES string of the molecule is OC(Cc1c(F)ccc(Br)c1F)c1cccc(Cl)c1F. The van der Waals surface area contributed by atoms with E-state index in [-0.39, 0.29) is 20.6 Å². The average molecular weight is 366 g/mol. The van der Waals surface area contributed by atoms with Gasteiger partial charge in [-0.05, 0) is 34.1 Å². The van der Waals surface area contributed by atoms with Crippen LogP contribution in [0.4, 0.5) is 13.2 Å². The van der Waals surface area contributed by atoms with Crippen LogP contribution in [0.15, 0.2) is 34.8 Å². The Bertz CT molecular complexity index is 649. The van der Waals surface area contributed by atoms with E-state index in [9.17, 15) is 18.3 Å². The van der Waals surface area contributed by atoms with Gasteiger partial charge in [0.1, 0.15) is 17.5 Å². The summed E-state index contributed by atoms with van der Waals surface area (Å²) in [5, 5.41) is 9.82. The summed E-state index contributed by atoms with van der Waals surface area (Å²) in [6, 6.07) is 6.40. The van der Waals surface area contributed by atoms with E-state index in [4.69, 9.17) is 11.6 Å². The van der Waals surface area contributed by atoms with Crippen molar-refractivity contribution in [1.29, 1.82) is 0 Å². The van der Waals surface area contributed by atoms with Crippen molar-refractivity contribution in [2.75, 3.05) is 0 Å². The minimum absolute atomic E-state index is 0.0765. The van der Waals surface area contributed by atoms with Crippen molar-refractivity contribution in [2.45, 2.75) is 12.5 Å². The van der Waals surface area contributed by atoms with Gasteiger partial charge in [-0.3, -0.25) is 0 Å². The number of hydrogen-bond acceptors (Lipinski definition) is 1. The summed E-state index contributed by atoms with van der Waals surface area (Å²) in [7, 11) is 0. The van der Waals surface area contributed by atoms with Crippen molar-refractivity contribution in [3.05, 3.63) is 68.4 Å². The van der Waals surface area contributed by atoms with Gasteiger partial charge in [-0.15, -0.1) is 0 Å².